The van der Waals surface area contributed by atoms with Gasteiger partial charge in [0.2, 0.25) is 0 Å². The summed E-state index contributed by atoms with van der Waals surface area (Å²) in [5.74, 6) is 1.42. The van der Waals surface area contributed by atoms with Crippen molar-refractivity contribution in [2.24, 2.45) is 0 Å². The van der Waals surface area contributed by atoms with Gasteiger partial charge in [-0.3, -0.25) is 0 Å². The van der Waals surface area contributed by atoms with Crippen LogP contribution in [0, 0.1) is 6.92 Å². The van der Waals surface area contributed by atoms with Crippen LogP contribution in [-0.4, -0.2) is 29.9 Å². The van der Waals surface area contributed by atoms with Crippen molar-refractivity contribution in [3.8, 4) is 5.75 Å². The van der Waals surface area contributed by atoms with Gasteiger partial charge in [0.1, 0.15) is 12.4 Å². The molecule has 1 aliphatic carbocycles. The van der Waals surface area contributed by atoms with Crippen molar-refractivity contribution in [2.75, 3.05) is 13.2 Å². The van der Waals surface area contributed by atoms with Crippen LogP contribution >= 0.6 is 0 Å². The first-order valence-corrected chi connectivity index (χ1v) is 7.55. The van der Waals surface area contributed by atoms with Gasteiger partial charge in [-0.15, -0.1) is 0 Å². The minimum absolute atomic E-state index is 0.0897. The summed E-state index contributed by atoms with van der Waals surface area (Å²) in [6, 6.07) is 6.93. The summed E-state index contributed by atoms with van der Waals surface area (Å²) in [6.45, 7) is 9.02. The summed E-state index contributed by atoms with van der Waals surface area (Å²) < 4.78 is 5.99. The molecule has 112 valence electrons. The zero-order chi connectivity index (χ0) is 14.8. The molecular formula is C17H27NO2. The minimum Gasteiger partial charge on any atom is -0.491 e. The lowest BCUT2D eigenvalue weighted by Gasteiger charge is -2.29. The molecule has 1 saturated carbocycles. The molecule has 0 amide bonds. The molecule has 0 aliphatic heterocycles. The number of benzene rings is 1. The fourth-order valence-electron chi connectivity index (χ4n) is 2.22. The van der Waals surface area contributed by atoms with Gasteiger partial charge < -0.3 is 15.2 Å². The topological polar surface area (TPSA) is 41.5 Å². The van der Waals surface area contributed by atoms with E-state index >= 15 is 0 Å². The Kier molecular flexibility index (Phi) is 4.71. The number of ether oxygens (including phenoxy) is 1. The highest BCUT2D eigenvalue weighted by atomic mass is 16.5. The molecule has 1 atom stereocenters. The van der Waals surface area contributed by atoms with E-state index in [4.69, 9.17) is 4.74 Å². The highest BCUT2D eigenvalue weighted by Gasteiger charge is 2.32. The van der Waals surface area contributed by atoms with Crippen LogP contribution in [0.2, 0.25) is 0 Å². The molecule has 0 heterocycles. The van der Waals surface area contributed by atoms with E-state index in [1.807, 2.05) is 6.92 Å². The second-order valence-corrected chi connectivity index (χ2v) is 6.61. The summed E-state index contributed by atoms with van der Waals surface area (Å²) in [6.07, 6.45) is 2.41. The Balaban J connectivity index is 2.02. The van der Waals surface area contributed by atoms with Gasteiger partial charge in [0, 0.05) is 6.04 Å². The Morgan fingerprint density at radius 3 is 2.65 bits per heavy atom. The summed E-state index contributed by atoms with van der Waals surface area (Å²) >= 11 is 0. The Morgan fingerprint density at radius 2 is 2.10 bits per heavy atom. The highest BCUT2D eigenvalue weighted by molar-refractivity contribution is 5.37. The quantitative estimate of drug-likeness (QED) is 0.805. The number of rotatable bonds is 7. The number of nitrogens with one attached hydrogen (secondary N) is 1. The Morgan fingerprint density at radius 1 is 1.40 bits per heavy atom. The Hall–Kier alpha value is -1.06. The van der Waals surface area contributed by atoms with Crippen molar-refractivity contribution in [1.29, 1.82) is 0 Å². The molecule has 3 nitrogen and oxygen atoms in total. The predicted octanol–water partition coefficient (Wildman–Crippen LogP) is 3.00. The summed E-state index contributed by atoms with van der Waals surface area (Å²) in [5.41, 5.74) is 2.06. The molecular weight excluding hydrogens is 250 g/mol. The minimum atomic E-state index is -0.360. The molecule has 0 saturated heterocycles. The first-order valence-electron chi connectivity index (χ1n) is 7.55. The summed E-state index contributed by atoms with van der Waals surface area (Å²) in [4.78, 5) is 0. The predicted molar refractivity (Wildman–Crippen MR) is 82.4 cm³/mol. The standard InChI is InChI=1S/C17H27NO2/c1-12(2)14-6-5-13(3)16(9-14)20-11-17(4,10-19)18-15-7-8-15/h5-6,9,12,15,18-19H,7-8,10-11H2,1-4H3. The molecule has 0 aromatic heterocycles. The lowest BCUT2D eigenvalue weighted by atomic mass is 10.0. The van der Waals surface area contributed by atoms with Gasteiger partial charge in [0.15, 0.2) is 0 Å². The van der Waals surface area contributed by atoms with E-state index in [2.05, 4.69) is 44.3 Å². The van der Waals surface area contributed by atoms with Gasteiger partial charge in [-0.25, -0.2) is 0 Å². The molecule has 1 aliphatic rings. The van der Waals surface area contributed by atoms with Crippen molar-refractivity contribution in [3.63, 3.8) is 0 Å². The van der Waals surface area contributed by atoms with Crippen molar-refractivity contribution in [3.05, 3.63) is 29.3 Å². The third-order valence-corrected chi connectivity index (χ3v) is 3.90. The fraction of sp³-hybridized carbons (Fsp3) is 0.647. The molecule has 1 fully saturated rings. The molecule has 1 aromatic carbocycles. The van der Waals surface area contributed by atoms with Crippen molar-refractivity contribution >= 4 is 0 Å². The Bertz CT molecular complexity index is 454. The van der Waals surface area contributed by atoms with E-state index in [-0.39, 0.29) is 12.1 Å². The van der Waals surface area contributed by atoms with Crippen LogP contribution in [0.3, 0.4) is 0 Å². The monoisotopic (exact) mass is 277 g/mol. The lowest BCUT2D eigenvalue weighted by Crippen LogP contribution is -2.51. The van der Waals surface area contributed by atoms with Crippen molar-refractivity contribution in [1.82, 2.24) is 5.32 Å². The van der Waals surface area contributed by atoms with Crippen LogP contribution < -0.4 is 10.1 Å². The van der Waals surface area contributed by atoms with Gasteiger partial charge in [0.25, 0.3) is 0 Å². The van der Waals surface area contributed by atoms with Crippen molar-refractivity contribution in [2.45, 2.75) is 58.0 Å². The second kappa shape index (κ2) is 6.15. The molecule has 1 aromatic rings. The molecule has 0 radical (unpaired) electrons. The fourth-order valence-corrected chi connectivity index (χ4v) is 2.22. The third kappa shape index (κ3) is 3.97. The lowest BCUT2D eigenvalue weighted by molar-refractivity contribution is 0.114. The Labute approximate surface area is 122 Å². The molecule has 1 unspecified atom stereocenters. The maximum absolute atomic E-state index is 9.61. The maximum Gasteiger partial charge on any atom is 0.122 e. The van der Waals surface area contributed by atoms with Crippen LogP contribution in [0.1, 0.15) is 50.7 Å². The SMILES string of the molecule is Cc1ccc(C(C)C)cc1OCC(C)(CO)NC1CC1. The van der Waals surface area contributed by atoms with E-state index in [0.29, 0.717) is 18.6 Å². The van der Waals surface area contributed by atoms with E-state index < -0.39 is 0 Å². The molecule has 0 bridgehead atoms. The van der Waals surface area contributed by atoms with Crippen LogP contribution in [0.25, 0.3) is 0 Å². The van der Waals surface area contributed by atoms with E-state index in [1.54, 1.807) is 0 Å². The largest absolute Gasteiger partial charge is 0.491 e. The zero-order valence-corrected chi connectivity index (χ0v) is 13.1. The number of hydrogen-bond donors (Lipinski definition) is 2. The van der Waals surface area contributed by atoms with Crippen LogP contribution in [0.5, 0.6) is 5.75 Å². The van der Waals surface area contributed by atoms with Crippen LogP contribution in [-0.2, 0) is 0 Å². The highest BCUT2D eigenvalue weighted by Crippen LogP contribution is 2.26. The van der Waals surface area contributed by atoms with Gasteiger partial charge in [-0.2, -0.15) is 0 Å². The average molecular weight is 277 g/mol. The van der Waals surface area contributed by atoms with E-state index in [0.717, 1.165) is 11.3 Å². The van der Waals surface area contributed by atoms with Gasteiger partial charge in [-0.05, 0) is 49.8 Å². The summed E-state index contributed by atoms with van der Waals surface area (Å²) in [7, 11) is 0. The molecule has 2 rings (SSSR count). The second-order valence-electron chi connectivity index (χ2n) is 6.61. The normalized spacial score (nSPS) is 18.1. The third-order valence-electron chi connectivity index (χ3n) is 3.90. The number of aliphatic hydroxyl groups is 1. The van der Waals surface area contributed by atoms with Gasteiger partial charge in [0.05, 0.1) is 12.1 Å². The van der Waals surface area contributed by atoms with E-state index in [1.165, 1.54) is 18.4 Å². The molecule has 0 spiro atoms. The average Bonchev–Trinajstić information content (AvgIpc) is 3.21. The molecule has 20 heavy (non-hydrogen) atoms. The molecule has 3 heteroatoms. The van der Waals surface area contributed by atoms with Crippen molar-refractivity contribution < 1.29 is 9.84 Å². The molecule has 2 N–H and O–H groups in total. The number of aliphatic hydroxyl groups excluding tert-OH is 1. The van der Waals surface area contributed by atoms with Crippen LogP contribution in [0.15, 0.2) is 18.2 Å². The smallest absolute Gasteiger partial charge is 0.122 e. The zero-order valence-electron chi connectivity index (χ0n) is 13.1. The van der Waals surface area contributed by atoms with E-state index in [9.17, 15) is 5.11 Å². The first-order chi connectivity index (χ1) is 9.43. The first kappa shape index (κ1) is 15.3. The number of hydrogen-bond acceptors (Lipinski definition) is 3. The summed E-state index contributed by atoms with van der Waals surface area (Å²) in [5, 5.41) is 13.1. The van der Waals surface area contributed by atoms with Gasteiger partial charge >= 0.3 is 0 Å². The van der Waals surface area contributed by atoms with Crippen LogP contribution in [0.4, 0.5) is 0 Å². The number of aryl methyl sites for hydroxylation is 1. The van der Waals surface area contributed by atoms with Gasteiger partial charge in [-0.1, -0.05) is 26.0 Å². The maximum atomic E-state index is 9.61.